The third kappa shape index (κ3) is 2.42. The maximum absolute atomic E-state index is 11.2. The van der Waals surface area contributed by atoms with E-state index in [4.69, 9.17) is 21.1 Å². The number of anilines is 1. The van der Waals surface area contributed by atoms with E-state index in [1.807, 2.05) is 0 Å². The number of ether oxygens (including phenoxy) is 2. The van der Waals surface area contributed by atoms with Crippen LogP contribution in [0, 0.1) is 0 Å². The molecule has 0 bridgehead atoms. The van der Waals surface area contributed by atoms with E-state index >= 15 is 0 Å². The average Bonchev–Trinajstić information content (AvgIpc) is 2.38. The van der Waals surface area contributed by atoms with E-state index in [-0.39, 0.29) is 5.91 Å². The van der Waals surface area contributed by atoms with Crippen LogP contribution in [-0.4, -0.2) is 25.1 Å². The number of amides is 1. The minimum absolute atomic E-state index is 0.209. The van der Waals surface area contributed by atoms with Gasteiger partial charge in [0, 0.05) is 19.2 Å². The molecule has 19 heavy (non-hydrogen) atoms. The SMILES string of the molecule is COc1cc(NC(C)=O)c(OC)c2c(Cl)ccnc12. The Morgan fingerprint density at radius 3 is 2.68 bits per heavy atom. The zero-order chi connectivity index (χ0) is 14.0. The van der Waals surface area contributed by atoms with E-state index < -0.39 is 0 Å². The molecule has 6 heteroatoms. The molecule has 5 nitrogen and oxygen atoms in total. The number of pyridine rings is 1. The fraction of sp³-hybridized carbons (Fsp3) is 0.231. The number of nitrogens with zero attached hydrogens (tertiary/aromatic N) is 1. The summed E-state index contributed by atoms with van der Waals surface area (Å²) in [5.41, 5.74) is 1.08. The second kappa shape index (κ2) is 5.32. The second-order valence-corrected chi connectivity index (χ2v) is 4.26. The molecule has 2 aromatic rings. The molecule has 0 radical (unpaired) electrons. The number of carbonyl (C=O) groups excluding carboxylic acids is 1. The summed E-state index contributed by atoms with van der Waals surface area (Å²) in [6, 6.07) is 3.31. The van der Waals surface area contributed by atoms with Crippen molar-refractivity contribution in [2.75, 3.05) is 19.5 Å². The highest BCUT2D eigenvalue weighted by molar-refractivity contribution is 6.36. The van der Waals surface area contributed by atoms with Gasteiger partial charge in [-0.15, -0.1) is 0 Å². The minimum atomic E-state index is -0.209. The molecule has 0 aliphatic heterocycles. The summed E-state index contributed by atoms with van der Waals surface area (Å²) >= 11 is 6.19. The van der Waals surface area contributed by atoms with Crippen LogP contribution in [0.3, 0.4) is 0 Å². The number of hydrogen-bond acceptors (Lipinski definition) is 4. The molecule has 0 unspecified atom stereocenters. The number of halogens is 1. The predicted molar refractivity (Wildman–Crippen MR) is 74.2 cm³/mol. The van der Waals surface area contributed by atoms with Gasteiger partial charge in [-0.2, -0.15) is 0 Å². The van der Waals surface area contributed by atoms with Crippen molar-refractivity contribution in [2.45, 2.75) is 6.92 Å². The number of benzene rings is 1. The molecule has 0 aliphatic rings. The van der Waals surface area contributed by atoms with Gasteiger partial charge in [0.2, 0.25) is 5.91 Å². The lowest BCUT2D eigenvalue weighted by Gasteiger charge is -2.15. The van der Waals surface area contributed by atoms with Crippen LogP contribution < -0.4 is 14.8 Å². The Labute approximate surface area is 115 Å². The van der Waals surface area contributed by atoms with E-state index in [0.717, 1.165) is 0 Å². The lowest BCUT2D eigenvalue weighted by molar-refractivity contribution is -0.114. The smallest absolute Gasteiger partial charge is 0.221 e. The van der Waals surface area contributed by atoms with Crippen LogP contribution in [0.4, 0.5) is 5.69 Å². The molecule has 0 saturated heterocycles. The summed E-state index contributed by atoms with van der Waals surface area (Å²) in [7, 11) is 3.04. The molecule has 0 fully saturated rings. The minimum Gasteiger partial charge on any atom is -0.494 e. The Balaban J connectivity index is 2.83. The molecule has 100 valence electrons. The zero-order valence-electron chi connectivity index (χ0n) is 10.8. The van der Waals surface area contributed by atoms with E-state index in [0.29, 0.717) is 33.1 Å². The van der Waals surface area contributed by atoms with Gasteiger partial charge in [-0.25, -0.2) is 0 Å². The van der Waals surface area contributed by atoms with Gasteiger partial charge in [0.15, 0.2) is 5.75 Å². The van der Waals surface area contributed by atoms with Crippen molar-refractivity contribution in [2.24, 2.45) is 0 Å². The predicted octanol–water partition coefficient (Wildman–Crippen LogP) is 2.86. The van der Waals surface area contributed by atoms with Crippen molar-refractivity contribution in [3.63, 3.8) is 0 Å². The number of fused-ring (bicyclic) bond motifs is 1. The van der Waals surface area contributed by atoms with E-state index in [1.165, 1.54) is 21.1 Å². The summed E-state index contributed by atoms with van der Waals surface area (Å²) in [4.78, 5) is 15.5. The molecule has 0 spiro atoms. The van der Waals surface area contributed by atoms with Gasteiger partial charge in [-0.1, -0.05) is 11.6 Å². The first-order chi connectivity index (χ1) is 9.08. The first-order valence-electron chi connectivity index (χ1n) is 5.55. The van der Waals surface area contributed by atoms with Crippen molar-refractivity contribution in [3.05, 3.63) is 23.4 Å². The van der Waals surface area contributed by atoms with Gasteiger partial charge < -0.3 is 14.8 Å². The number of rotatable bonds is 3. The molecule has 2 rings (SSSR count). The Kier molecular flexibility index (Phi) is 3.76. The van der Waals surface area contributed by atoms with Gasteiger partial charge in [0.25, 0.3) is 0 Å². The summed E-state index contributed by atoms with van der Waals surface area (Å²) in [6.45, 7) is 1.42. The highest BCUT2D eigenvalue weighted by Crippen LogP contribution is 2.42. The molecule has 1 aromatic heterocycles. The van der Waals surface area contributed by atoms with E-state index in [9.17, 15) is 4.79 Å². The molecule has 0 saturated carbocycles. The molecule has 0 aliphatic carbocycles. The Morgan fingerprint density at radius 2 is 2.11 bits per heavy atom. The van der Waals surface area contributed by atoms with Crippen molar-refractivity contribution in [3.8, 4) is 11.5 Å². The van der Waals surface area contributed by atoms with Crippen molar-refractivity contribution < 1.29 is 14.3 Å². The quantitative estimate of drug-likeness (QED) is 0.939. The fourth-order valence-electron chi connectivity index (χ4n) is 1.89. The molecular formula is C13H13ClN2O3. The number of carbonyl (C=O) groups is 1. The summed E-state index contributed by atoms with van der Waals surface area (Å²) < 4.78 is 10.6. The Morgan fingerprint density at radius 1 is 1.37 bits per heavy atom. The third-order valence-corrected chi connectivity index (χ3v) is 2.93. The van der Waals surface area contributed by atoms with Gasteiger partial charge in [-0.05, 0) is 6.07 Å². The van der Waals surface area contributed by atoms with Crippen LogP contribution in [0.5, 0.6) is 11.5 Å². The monoisotopic (exact) mass is 280 g/mol. The maximum Gasteiger partial charge on any atom is 0.221 e. The van der Waals surface area contributed by atoms with Crippen LogP contribution in [0.15, 0.2) is 18.3 Å². The van der Waals surface area contributed by atoms with Crippen molar-refractivity contribution >= 4 is 34.1 Å². The summed E-state index contributed by atoms with van der Waals surface area (Å²) in [5.74, 6) is 0.769. The zero-order valence-corrected chi connectivity index (χ0v) is 11.5. The van der Waals surface area contributed by atoms with Crippen LogP contribution >= 0.6 is 11.6 Å². The summed E-state index contributed by atoms with van der Waals surface area (Å²) in [6.07, 6.45) is 1.59. The van der Waals surface area contributed by atoms with Crippen LogP contribution in [0.25, 0.3) is 10.9 Å². The van der Waals surface area contributed by atoms with Crippen LogP contribution in [0.1, 0.15) is 6.92 Å². The normalized spacial score (nSPS) is 10.3. The summed E-state index contributed by atoms with van der Waals surface area (Å²) in [5, 5.41) is 3.77. The van der Waals surface area contributed by atoms with Crippen LogP contribution in [-0.2, 0) is 4.79 Å². The van der Waals surface area contributed by atoms with Crippen molar-refractivity contribution in [1.29, 1.82) is 0 Å². The van der Waals surface area contributed by atoms with Gasteiger partial charge in [0.05, 0.1) is 30.3 Å². The topological polar surface area (TPSA) is 60.5 Å². The lowest BCUT2D eigenvalue weighted by atomic mass is 10.1. The number of aromatic nitrogens is 1. The van der Waals surface area contributed by atoms with Gasteiger partial charge in [0.1, 0.15) is 11.3 Å². The third-order valence-electron chi connectivity index (χ3n) is 2.62. The molecule has 1 heterocycles. The molecule has 1 N–H and O–H groups in total. The molecule has 1 aromatic carbocycles. The van der Waals surface area contributed by atoms with Gasteiger partial charge in [-0.3, -0.25) is 9.78 Å². The maximum atomic E-state index is 11.2. The molecule has 1 amide bonds. The fourth-order valence-corrected chi connectivity index (χ4v) is 2.12. The average molecular weight is 281 g/mol. The largest absolute Gasteiger partial charge is 0.494 e. The Bertz CT molecular complexity index is 643. The first-order valence-corrected chi connectivity index (χ1v) is 5.93. The Hall–Kier alpha value is -2.01. The van der Waals surface area contributed by atoms with E-state index in [1.54, 1.807) is 18.3 Å². The van der Waals surface area contributed by atoms with Gasteiger partial charge >= 0.3 is 0 Å². The number of methoxy groups -OCH3 is 2. The first kappa shape index (κ1) is 13.4. The number of hydrogen-bond donors (Lipinski definition) is 1. The lowest BCUT2D eigenvalue weighted by Crippen LogP contribution is -2.08. The van der Waals surface area contributed by atoms with Crippen LogP contribution in [0.2, 0.25) is 5.02 Å². The van der Waals surface area contributed by atoms with E-state index in [2.05, 4.69) is 10.3 Å². The second-order valence-electron chi connectivity index (χ2n) is 3.86. The molecule has 0 atom stereocenters. The highest BCUT2D eigenvalue weighted by Gasteiger charge is 2.17. The van der Waals surface area contributed by atoms with Crippen molar-refractivity contribution in [1.82, 2.24) is 4.98 Å². The standard InChI is InChI=1S/C13H13ClN2O3/c1-7(17)16-9-6-10(18-2)12-11(13(9)19-3)8(14)4-5-15-12/h4-6H,1-3H3,(H,16,17). The number of nitrogens with one attached hydrogen (secondary N) is 1. The molecular weight excluding hydrogens is 268 g/mol. The highest BCUT2D eigenvalue weighted by atomic mass is 35.5.